The Balaban J connectivity index is 1.91. The summed E-state index contributed by atoms with van der Waals surface area (Å²) in [6, 6.07) is 0.592. The van der Waals surface area contributed by atoms with Gasteiger partial charge in [0, 0.05) is 28.7 Å². The van der Waals surface area contributed by atoms with Gasteiger partial charge in [0.05, 0.1) is 0 Å². The molecule has 0 radical (unpaired) electrons. The standard InChI is InChI=1S/C12H21N3S2/c1-8(2)11-14-12(17-15-11)13-9-5-4-6-10(7-9)16-3/h8-10H,4-7H2,1-3H3,(H,13,14,15). The molecule has 5 heteroatoms. The predicted molar refractivity (Wildman–Crippen MR) is 77.2 cm³/mol. The summed E-state index contributed by atoms with van der Waals surface area (Å²) in [5.41, 5.74) is 0. The second-order valence-electron chi connectivity index (χ2n) is 4.98. The van der Waals surface area contributed by atoms with E-state index in [2.05, 4.69) is 34.8 Å². The highest BCUT2D eigenvalue weighted by Crippen LogP contribution is 2.29. The molecular weight excluding hydrogens is 250 g/mol. The first kappa shape index (κ1) is 13.1. The zero-order chi connectivity index (χ0) is 12.3. The van der Waals surface area contributed by atoms with Crippen LogP contribution in [0.2, 0.25) is 0 Å². The molecular formula is C12H21N3S2. The van der Waals surface area contributed by atoms with E-state index in [9.17, 15) is 0 Å². The van der Waals surface area contributed by atoms with E-state index in [0.29, 0.717) is 12.0 Å². The predicted octanol–water partition coefficient (Wildman–Crippen LogP) is 3.75. The molecule has 1 N–H and O–H groups in total. The van der Waals surface area contributed by atoms with Crippen molar-refractivity contribution in [2.24, 2.45) is 0 Å². The number of nitrogens with one attached hydrogen (secondary N) is 1. The molecule has 0 spiro atoms. The minimum atomic E-state index is 0.423. The van der Waals surface area contributed by atoms with Crippen LogP contribution in [0.1, 0.15) is 51.3 Å². The number of anilines is 1. The molecule has 17 heavy (non-hydrogen) atoms. The van der Waals surface area contributed by atoms with Crippen molar-refractivity contribution >= 4 is 28.4 Å². The summed E-state index contributed by atoms with van der Waals surface area (Å²) in [7, 11) is 0. The number of hydrogen-bond donors (Lipinski definition) is 1. The lowest BCUT2D eigenvalue weighted by Crippen LogP contribution is -2.28. The molecule has 0 aliphatic heterocycles. The van der Waals surface area contributed by atoms with Gasteiger partial charge in [0.2, 0.25) is 5.13 Å². The van der Waals surface area contributed by atoms with Gasteiger partial charge in [-0.25, -0.2) is 4.98 Å². The fourth-order valence-corrected chi connectivity index (χ4v) is 3.81. The maximum absolute atomic E-state index is 4.54. The Morgan fingerprint density at radius 1 is 1.41 bits per heavy atom. The summed E-state index contributed by atoms with van der Waals surface area (Å²) >= 11 is 3.50. The van der Waals surface area contributed by atoms with E-state index >= 15 is 0 Å². The molecule has 1 aromatic rings. The molecule has 1 heterocycles. The van der Waals surface area contributed by atoms with E-state index in [1.807, 2.05) is 11.8 Å². The Bertz CT molecular complexity index is 351. The number of nitrogens with zero attached hydrogens (tertiary/aromatic N) is 2. The Hall–Kier alpha value is -0.290. The summed E-state index contributed by atoms with van der Waals surface area (Å²) in [4.78, 5) is 4.54. The number of aromatic nitrogens is 2. The lowest BCUT2D eigenvalue weighted by atomic mass is 9.95. The monoisotopic (exact) mass is 271 g/mol. The first-order valence-electron chi connectivity index (χ1n) is 6.32. The Kier molecular flexibility index (Phi) is 4.68. The largest absolute Gasteiger partial charge is 0.358 e. The first-order chi connectivity index (χ1) is 8.19. The highest BCUT2D eigenvalue weighted by Gasteiger charge is 2.22. The third kappa shape index (κ3) is 3.58. The molecule has 1 aliphatic rings. The fourth-order valence-electron chi connectivity index (χ4n) is 2.19. The average molecular weight is 271 g/mol. The van der Waals surface area contributed by atoms with Gasteiger partial charge < -0.3 is 5.32 Å². The lowest BCUT2D eigenvalue weighted by Gasteiger charge is -2.28. The van der Waals surface area contributed by atoms with Crippen molar-refractivity contribution in [2.45, 2.75) is 56.7 Å². The van der Waals surface area contributed by atoms with Crippen LogP contribution in [0.25, 0.3) is 0 Å². The smallest absolute Gasteiger partial charge is 0.202 e. The van der Waals surface area contributed by atoms with Crippen LogP contribution in [0, 0.1) is 0 Å². The van der Waals surface area contributed by atoms with Crippen LogP contribution in [0.15, 0.2) is 0 Å². The number of rotatable bonds is 4. The maximum atomic E-state index is 4.54. The molecule has 2 atom stereocenters. The van der Waals surface area contributed by atoms with Crippen LogP contribution in [0.4, 0.5) is 5.13 Å². The van der Waals surface area contributed by atoms with Gasteiger partial charge in [0.15, 0.2) is 0 Å². The molecule has 0 saturated heterocycles. The van der Waals surface area contributed by atoms with Crippen LogP contribution >= 0.6 is 23.3 Å². The molecule has 2 rings (SSSR count). The van der Waals surface area contributed by atoms with Crippen molar-refractivity contribution in [1.82, 2.24) is 9.36 Å². The maximum Gasteiger partial charge on any atom is 0.202 e. The van der Waals surface area contributed by atoms with Gasteiger partial charge in [-0.3, -0.25) is 0 Å². The first-order valence-corrected chi connectivity index (χ1v) is 8.38. The highest BCUT2D eigenvalue weighted by atomic mass is 32.2. The van der Waals surface area contributed by atoms with E-state index in [4.69, 9.17) is 0 Å². The minimum absolute atomic E-state index is 0.423. The van der Waals surface area contributed by atoms with Crippen LogP contribution in [-0.4, -0.2) is 26.9 Å². The zero-order valence-electron chi connectivity index (χ0n) is 10.8. The molecule has 1 saturated carbocycles. The van der Waals surface area contributed by atoms with E-state index in [0.717, 1.165) is 16.2 Å². The topological polar surface area (TPSA) is 37.8 Å². The molecule has 0 aromatic carbocycles. The molecule has 0 amide bonds. The van der Waals surface area contributed by atoms with Crippen molar-refractivity contribution in [3.8, 4) is 0 Å². The molecule has 3 nitrogen and oxygen atoms in total. The SMILES string of the molecule is CSC1CCCC(Nc2nc(C(C)C)ns2)C1. The Morgan fingerprint density at radius 2 is 2.24 bits per heavy atom. The summed E-state index contributed by atoms with van der Waals surface area (Å²) in [5, 5.41) is 5.37. The molecule has 0 bridgehead atoms. The van der Waals surface area contributed by atoms with E-state index in [-0.39, 0.29) is 0 Å². The van der Waals surface area contributed by atoms with Crippen molar-refractivity contribution < 1.29 is 0 Å². The molecule has 1 aliphatic carbocycles. The third-order valence-electron chi connectivity index (χ3n) is 3.25. The minimum Gasteiger partial charge on any atom is -0.358 e. The quantitative estimate of drug-likeness (QED) is 0.905. The van der Waals surface area contributed by atoms with Crippen LogP contribution < -0.4 is 5.32 Å². The van der Waals surface area contributed by atoms with Gasteiger partial charge in [-0.05, 0) is 25.5 Å². The average Bonchev–Trinajstić information content (AvgIpc) is 2.78. The van der Waals surface area contributed by atoms with E-state index < -0.39 is 0 Å². The van der Waals surface area contributed by atoms with Crippen molar-refractivity contribution in [3.05, 3.63) is 5.82 Å². The fraction of sp³-hybridized carbons (Fsp3) is 0.833. The van der Waals surface area contributed by atoms with Gasteiger partial charge in [0.25, 0.3) is 0 Å². The van der Waals surface area contributed by atoms with Gasteiger partial charge in [0.1, 0.15) is 5.82 Å². The van der Waals surface area contributed by atoms with Gasteiger partial charge in [-0.2, -0.15) is 16.1 Å². The van der Waals surface area contributed by atoms with E-state index in [1.165, 1.54) is 37.2 Å². The molecule has 96 valence electrons. The summed E-state index contributed by atoms with van der Waals surface area (Å²) in [6.07, 6.45) is 7.45. The number of thioether (sulfide) groups is 1. The highest BCUT2D eigenvalue weighted by molar-refractivity contribution is 7.99. The summed E-state index contributed by atoms with van der Waals surface area (Å²) < 4.78 is 4.38. The van der Waals surface area contributed by atoms with Crippen molar-refractivity contribution in [1.29, 1.82) is 0 Å². The Labute approximate surface area is 112 Å². The van der Waals surface area contributed by atoms with E-state index in [1.54, 1.807) is 0 Å². The Morgan fingerprint density at radius 3 is 2.88 bits per heavy atom. The van der Waals surface area contributed by atoms with Crippen LogP contribution in [0.3, 0.4) is 0 Å². The zero-order valence-corrected chi connectivity index (χ0v) is 12.4. The number of hydrogen-bond acceptors (Lipinski definition) is 5. The van der Waals surface area contributed by atoms with Gasteiger partial charge >= 0.3 is 0 Å². The lowest BCUT2D eigenvalue weighted by molar-refractivity contribution is 0.473. The third-order valence-corrected chi connectivity index (χ3v) is 5.00. The van der Waals surface area contributed by atoms with Crippen molar-refractivity contribution in [2.75, 3.05) is 11.6 Å². The molecule has 1 fully saturated rings. The van der Waals surface area contributed by atoms with Crippen LogP contribution in [0.5, 0.6) is 0 Å². The second-order valence-corrected chi connectivity index (χ2v) is 6.87. The van der Waals surface area contributed by atoms with Crippen LogP contribution in [-0.2, 0) is 0 Å². The molecule has 2 unspecified atom stereocenters. The molecule has 1 aromatic heterocycles. The second kappa shape index (κ2) is 6.05. The van der Waals surface area contributed by atoms with Gasteiger partial charge in [-0.15, -0.1) is 0 Å². The summed E-state index contributed by atoms with van der Waals surface area (Å²) in [5.74, 6) is 1.39. The normalized spacial score (nSPS) is 25.2. The van der Waals surface area contributed by atoms with Gasteiger partial charge in [-0.1, -0.05) is 20.3 Å². The van der Waals surface area contributed by atoms with Crippen molar-refractivity contribution in [3.63, 3.8) is 0 Å². The summed E-state index contributed by atoms with van der Waals surface area (Å²) in [6.45, 7) is 4.27.